The molecule has 0 radical (unpaired) electrons. The van der Waals surface area contributed by atoms with Crippen LogP contribution in [0.1, 0.15) is 24.2 Å². The minimum atomic E-state index is -4.52. The van der Waals surface area contributed by atoms with Crippen molar-refractivity contribution >= 4 is 22.8 Å². The molecule has 30 heavy (non-hydrogen) atoms. The van der Waals surface area contributed by atoms with Gasteiger partial charge in [0.1, 0.15) is 11.3 Å². The molecule has 3 aromatic heterocycles. The molecule has 0 aliphatic carbocycles. The van der Waals surface area contributed by atoms with Crippen molar-refractivity contribution in [3.63, 3.8) is 0 Å². The Balaban J connectivity index is 1.73. The molecule has 1 unspecified atom stereocenters. The summed E-state index contributed by atoms with van der Waals surface area (Å²) in [4.78, 5) is 28.2. The van der Waals surface area contributed by atoms with Crippen molar-refractivity contribution in [3.8, 4) is 11.4 Å². The van der Waals surface area contributed by atoms with E-state index in [9.17, 15) is 18.0 Å². The van der Waals surface area contributed by atoms with E-state index in [1.807, 2.05) is 0 Å². The molecular formula is C19H14ClF3N6O. The number of hydrogen-bond acceptors (Lipinski definition) is 5. The zero-order valence-electron chi connectivity index (χ0n) is 15.7. The molecule has 0 aliphatic rings. The molecule has 3 heterocycles. The van der Waals surface area contributed by atoms with Gasteiger partial charge in [-0.1, -0.05) is 24.3 Å². The van der Waals surface area contributed by atoms with Gasteiger partial charge in [0, 0.05) is 18.8 Å². The lowest BCUT2D eigenvalue weighted by molar-refractivity contribution is -0.140. The van der Waals surface area contributed by atoms with Gasteiger partial charge in [-0.3, -0.25) is 9.36 Å². The molecule has 154 valence electrons. The van der Waals surface area contributed by atoms with E-state index in [0.29, 0.717) is 11.1 Å². The van der Waals surface area contributed by atoms with Crippen molar-refractivity contribution in [1.82, 2.24) is 29.1 Å². The second kappa shape index (κ2) is 7.21. The summed E-state index contributed by atoms with van der Waals surface area (Å²) in [6.07, 6.45) is -0.970. The van der Waals surface area contributed by atoms with E-state index in [2.05, 4.69) is 19.9 Å². The third-order valence-electron chi connectivity index (χ3n) is 4.71. The van der Waals surface area contributed by atoms with Crippen LogP contribution in [0, 0.1) is 0 Å². The van der Waals surface area contributed by atoms with Crippen molar-refractivity contribution in [2.24, 2.45) is 7.05 Å². The molecule has 4 aromatic rings. The van der Waals surface area contributed by atoms with Crippen molar-refractivity contribution in [2.45, 2.75) is 19.1 Å². The predicted molar refractivity (Wildman–Crippen MR) is 104 cm³/mol. The van der Waals surface area contributed by atoms with E-state index in [1.54, 1.807) is 31.2 Å². The van der Waals surface area contributed by atoms with Crippen LogP contribution in [0.15, 0.2) is 47.7 Å². The predicted octanol–water partition coefficient (Wildman–Crippen LogP) is 3.87. The molecule has 0 bridgehead atoms. The molecule has 0 spiro atoms. The van der Waals surface area contributed by atoms with Crippen LogP contribution in [0.5, 0.6) is 0 Å². The Morgan fingerprint density at radius 3 is 2.40 bits per heavy atom. The highest BCUT2D eigenvalue weighted by Crippen LogP contribution is 2.31. The fourth-order valence-electron chi connectivity index (χ4n) is 3.21. The molecule has 11 heteroatoms. The maximum absolute atomic E-state index is 12.9. The number of hydrogen-bond donors (Lipinski definition) is 0. The van der Waals surface area contributed by atoms with Crippen molar-refractivity contribution in [3.05, 3.63) is 69.8 Å². The van der Waals surface area contributed by atoms with Crippen LogP contribution in [-0.2, 0) is 13.2 Å². The quantitative estimate of drug-likeness (QED) is 0.457. The third-order valence-corrected chi connectivity index (χ3v) is 4.89. The molecule has 1 atom stereocenters. The Hall–Kier alpha value is -3.27. The monoisotopic (exact) mass is 434 g/mol. The third kappa shape index (κ3) is 3.54. The van der Waals surface area contributed by atoms with Crippen LogP contribution < -0.4 is 5.56 Å². The summed E-state index contributed by atoms with van der Waals surface area (Å²) in [5.41, 5.74) is 0.638. The first-order chi connectivity index (χ1) is 14.1. The van der Waals surface area contributed by atoms with E-state index >= 15 is 0 Å². The second-order valence-corrected chi connectivity index (χ2v) is 7.01. The topological polar surface area (TPSA) is 78.5 Å². The normalized spacial score (nSPS) is 13.0. The molecule has 7 nitrogen and oxygen atoms in total. The number of alkyl halides is 3. The maximum Gasteiger partial charge on any atom is 0.434 e. The van der Waals surface area contributed by atoms with Gasteiger partial charge in [-0.05, 0) is 24.1 Å². The van der Waals surface area contributed by atoms with Gasteiger partial charge in [-0.2, -0.15) is 18.2 Å². The number of aromatic nitrogens is 6. The SMILES string of the molecule is CC(c1ccc(-c2nc(C(F)(F)F)cn2C)cc1)n1c(=O)cnc2cnc(Cl)nc21. The van der Waals surface area contributed by atoms with Gasteiger partial charge >= 0.3 is 6.18 Å². The molecule has 4 rings (SSSR count). The Kier molecular flexibility index (Phi) is 4.81. The van der Waals surface area contributed by atoms with E-state index in [4.69, 9.17) is 11.6 Å². The van der Waals surface area contributed by atoms with Crippen molar-refractivity contribution in [1.29, 1.82) is 0 Å². The standard InChI is InChI=1S/C19H14ClF3N6O/c1-10(29-15(30)8-24-13-7-25-18(20)27-17(13)29)11-3-5-12(6-4-11)16-26-14(9-28(16)2)19(21,22)23/h3-10H,1-2H3. The van der Waals surface area contributed by atoms with Gasteiger partial charge < -0.3 is 4.57 Å². The molecule has 0 N–H and O–H groups in total. The van der Waals surface area contributed by atoms with Crippen LogP contribution in [0.3, 0.4) is 0 Å². The van der Waals surface area contributed by atoms with Gasteiger partial charge in [0.2, 0.25) is 5.28 Å². The summed E-state index contributed by atoms with van der Waals surface area (Å²) in [6.45, 7) is 1.80. The fraction of sp³-hybridized carbons (Fsp3) is 0.211. The summed E-state index contributed by atoms with van der Waals surface area (Å²) in [7, 11) is 1.50. The van der Waals surface area contributed by atoms with Crippen molar-refractivity contribution in [2.75, 3.05) is 0 Å². The van der Waals surface area contributed by atoms with Crippen LogP contribution in [-0.4, -0.2) is 29.1 Å². The number of benzene rings is 1. The molecule has 0 aliphatic heterocycles. The Morgan fingerprint density at radius 1 is 1.07 bits per heavy atom. The number of rotatable bonds is 3. The summed E-state index contributed by atoms with van der Waals surface area (Å²) < 4.78 is 41.5. The number of halogens is 4. The number of aryl methyl sites for hydroxylation is 1. The lowest BCUT2D eigenvalue weighted by atomic mass is 10.1. The van der Waals surface area contributed by atoms with Gasteiger partial charge in [0.05, 0.1) is 18.4 Å². The van der Waals surface area contributed by atoms with Crippen LogP contribution in [0.2, 0.25) is 5.28 Å². The van der Waals surface area contributed by atoms with E-state index in [0.717, 1.165) is 11.8 Å². The highest BCUT2D eigenvalue weighted by molar-refractivity contribution is 6.28. The highest BCUT2D eigenvalue weighted by Gasteiger charge is 2.34. The first-order valence-corrected chi connectivity index (χ1v) is 9.13. The fourth-order valence-corrected chi connectivity index (χ4v) is 3.34. The zero-order chi connectivity index (χ0) is 21.6. The highest BCUT2D eigenvalue weighted by atomic mass is 35.5. The van der Waals surface area contributed by atoms with Crippen LogP contribution in [0.4, 0.5) is 13.2 Å². The average molecular weight is 435 g/mol. The Bertz CT molecular complexity index is 1300. The average Bonchev–Trinajstić information content (AvgIpc) is 3.09. The largest absolute Gasteiger partial charge is 0.434 e. The first kappa shape index (κ1) is 20.0. The molecule has 0 saturated heterocycles. The minimum Gasteiger partial charge on any atom is -0.333 e. The van der Waals surface area contributed by atoms with Crippen molar-refractivity contribution < 1.29 is 13.2 Å². The van der Waals surface area contributed by atoms with Gasteiger partial charge in [-0.25, -0.2) is 15.0 Å². The summed E-state index contributed by atoms with van der Waals surface area (Å²) in [6, 6.07) is 6.33. The van der Waals surface area contributed by atoms with E-state index in [1.165, 1.54) is 28.6 Å². The first-order valence-electron chi connectivity index (χ1n) is 8.76. The van der Waals surface area contributed by atoms with E-state index in [-0.39, 0.29) is 22.3 Å². The smallest absolute Gasteiger partial charge is 0.333 e. The molecule has 0 fully saturated rings. The summed E-state index contributed by atoms with van der Waals surface area (Å²) >= 11 is 5.88. The minimum absolute atomic E-state index is 0.0125. The van der Waals surface area contributed by atoms with Gasteiger partial charge in [0.15, 0.2) is 11.3 Å². The van der Waals surface area contributed by atoms with Gasteiger partial charge in [0.25, 0.3) is 5.56 Å². The molecular weight excluding hydrogens is 421 g/mol. The Labute approximate surface area is 172 Å². The second-order valence-electron chi connectivity index (χ2n) is 6.67. The lowest BCUT2D eigenvalue weighted by Crippen LogP contribution is -2.25. The summed E-state index contributed by atoms with van der Waals surface area (Å²) in [5.74, 6) is 0.188. The summed E-state index contributed by atoms with van der Waals surface area (Å²) in [5, 5.41) is -0.0125. The Morgan fingerprint density at radius 2 is 1.77 bits per heavy atom. The molecule has 1 aromatic carbocycles. The van der Waals surface area contributed by atoms with E-state index < -0.39 is 17.9 Å². The van der Waals surface area contributed by atoms with Crippen LogP contribution >= 0.6 is 11.6 Å². The number of fused-ring (bicyclic) bond motifs is 1. The molecule has 0 amide bonds. The van der Waals surface area contributed by atoms with Crippen LogP contribution in [0.25, 0.3) is 22.6 Å². The zero-order valence-corrected chi connectivity index (χ0v) is 16.5. The number of imidazole rings is 1. The lowest BCUT2D eigenvalue weighted by Gasteiger charge is -2.17. The maximum atomic E-state index is 12.9. The number of nitrogens with zero attached hydrogens (tertiary/aromatic N) is 6. The van der Waals surface area contributed by atoms with Gasteiger partial charge in [-0.15, -0.1) is 0 Å². The molecule has 0 saturated carbocycles.